The number of nitrogens with one attached hydrogen (secondary N) is 1. The summed E-state index contributed by atoms with van der Waals surface area (Å²) >= 11 is 0. The fourth-order valence-corrected chi connectivity index (χ4v) is 2.75. The number of fused-ring (bicyclic) bond motifs is 1. The van der Waals surface area contributed by atoms with E-state index in [1.807, 2.05) is 0 Å². The zero-order valence-corrected chi connectivity index (χ0v) is 12.4. The molecule has 116 valence electrons. The SMILES string of the molecule is CC(=O)N1C[C@@H](O)C[C@@H]1C(=O)Nc1ccc2nc(C)oc2c1. The fraction of sp³-hybridized carbons (Fsp3) is 0.400. The van der Waals surface area contributed by atoms with Crippen LogP contribution in [0.15, 0.2) is 22.6 Å². The van der Waals surface area contributed by atoms with Crippen molar-refractivity contribution in [1.29, 1.82) is 0 Å². The monoisotopic (exact) mass is 303 g/mol. The van der Waals surface area contributed by atoms with Gasteiger partial charge in [0.1, 0.15) is 11.6 Å². The molecule has 1 aromatic heterocycles. The van der Waals surface area contributed by atoms with Gasteiger partial charge in [-0.3, -0.25) is 9.59 Å². The molecule has 7 nitrogen and oxygen atoms in total. The van der Waals surface area contributed by atoms with Crippen LogP contribution >= 0.6 is 0 Å². The summed E-state index contributed by atoms with van der Waals surface area (Å²) in [7, 11) is 0. The Kier molecular flexibility index (Phi) is 3.58. The molecular weight excluding hydrogens is 286 g/mol. The quantitative estimate of drug-likeness (QED) is 0.864. The minimum atomic E-state index is -0.668. The second kappa shape index (κ2) is 5.42. The molecule has 2 amide bonds. The van der Waals surface area contributed by atoms with E-state index < -0.39 is 12.1 Å². The Labute approximate surface area is 126 Å². The van der Waals surface area contributed by atoms with Gasteiger partial charge in [-0.15, -0.1) is 0 Å². The lowest BCUT2D eigenvalue weighted by atomic mass is 10.1. The van der Waals surface area contributed by atoms with E-state index in [0.717, 1.165) is 5.52 Å². The number of carbonyl (C=O) groups excluding carboxylic acids is 2. The lowest BCUT2D eigenvalue weighted by Crippen LogP contribution is -2.42. The highest BCUT2D eigenvalue weighted by molar-refractivity contribution is 5.98. The van der Waals surface area contributed by atoms with Crippen molar-refractivity contribution in [3.63, 3.8) is 0 Å². The molecule has 0 unspecified atom stereocenters. The number of oxazole rings is 1. The van der Waals surface area contributed by atoms with Gasteiger partial charge in [-0.25, -0.2) is 4.98 Å². The molecule has 7 heteroatoms. The molecular formula is C15H17N3O4. The first kappa shape index (κ1) is 14.5. The van der Waals surface area contributed by atoms with Gasteiger partial charge in [0.05, 0.1) is 6.10 Å². The zero-order valence-electron chi connectivity index (χ0n) is 12.4. The third-order valence-corrected chi connectivity index (χ3v) is 3.75. The van der Waals surface area contributed by atoms with E-state index >= 15 is 0 Å². The van der Waals surface area contributed by atoms with Crippen molar-refractivity contribution in [2.75, 3.05) is 11.9 Å². The highest BCUT2D eigenvalue weighted by atomic mass is 16.3. The van der Waals surface area contributed by atoms with Crippen LogP contribution in [0.2, 0.25) is 0 Å². The molecule has 0 bridgehead atoms. The second-order valence-corrected chi connectivity index (χ2v) is 5.48. The molecule has 0 saturated carbocycles. The molecule has 2 heterocycles. The van der Waals surface area contributed by atoms with E-state index in [1.54, 1.807) is 25.1 Å². The third kappa shape index (κ3) is 2.67. The van der Waals surface area contributed by atoms with Crippen LogP contribution in [-0.4, -0.2) is 45.5 Å². The van der Waals surface area contributed by atoms with Crippen LogP contribution in [-0.2, 0) is 9.59 Å². The van der Waals surface area contributed by atoms with E-state index in [-0.39, 0.29) is 24.8 Å². The Balaban J connectivity index is 1.78. The molecule has 1 aliphatic heterocycles. The van der Waals surface area contributed by atoms with Gasteiger partial charge in [0.25, 0.3) is 0 Å². The fourth-order valence-electron chi connectivity index (χ4n) is 2.75. The van der Waals surface area contributed by atoms with Crippen molar-refractivity contribution < 1.29 is 19.1 Å². The van der Waals surface area contributed by atoms with E-state index in [0.29, 0.717) is 17.2 Å². The highest BCUT2D eigenvalue weighted by Crippen LogP contribution is 2.23. The number of hydrogen-bond acceptors (Lipinski definition) is 5. The van der Waals surface area contributed by atoms with Gasteiger partial charge in [-0.1, -0.05) is 0 Å². The van der Waals surface area contributed by atoms with Crippen LogP contribution in [0.3, 0.4) is 0 Å². The number of nitrogens with zero attached hydrogens (tertiary/aromatic N) is 2. The highest BCUT2D eigenvalue weighted by Gasteiger charge is 2.37. The maximum absolute atomic E-state index is 12.4. The molecule has 3 rings (SSSR count). The maximum Gasteiger partial charge on any atom is 0.247 e. The number of rotatable bonds is 2. The molecule has 22 heavy (non-hydrogen) atoms. The predicted molar refractivity (Wildman–Crippen MR) is 79.2 cm³/mol. The van der Waals surface area contributed by atoms with Gasteiger partial charge in [-0.2, -0.15) is 0 Å². The van der Waals surface area contributed by atoms with Gasteiger partial charge in [0, 0.05) is 38.6 Å². The van der Waals surface area contributed by atoms with E-state index in [2.05, 4.69) is 10.3 Å². The molecule has 1 aliphatic rings. The van der Waals surface area contributed by atoms with E-state index in [1.165, 1.54) is 11.8 Å². The number of likely N-dealkylation sites (tertiary alicyclic amines) is 1. The Morgan fingerprint density at radius 2 is 2.23 bits per heavy atom. The van der Waals surface area contributed by atoms with Gasteiger partial charge < -0.3 is 19.7 Å². The standard InChI is InChI=1S/C15H17N3O4/c1-8-16-12-4-3-10(5-14(12)22-8)17-15(21)13-6-11(20)7-18(13)9(2)19/h3-5,11,13,20H,6-7H2,1-2H3,(H,17,21)/t11-,13+/m0/s1. The van der Waals surface area contributed by atoms with Gasteiger partial charge >= 0.3 is 0 Å². The van der Waals surface area contributed by atoms with Gasteiger partial charge in [0.15, 0.2) is 11.5 Å². The normalized spacial score (nSPS) is 21.3. The molecule has 2 atom stereocenters. The average molecular weight is 303 g/mol. The smallest absolute Gasteiger partial charge is 0.247 e. The number of aromatic nitrogens is 1. The average Bonchev–Trinajstić information content (AvgIpc) is 3.00. The number of benzene rings is 1. The van der Waals surface area contributed by atoms with Crippen LogP contribution in [0.25, 0.3) is 11.1 Å². The summed E-state index contributed by atoms with van der Waals surface area (Å²) in [5, 5.41) is 12.4. The molecule has 0 aliphatic carbocycles. The van der Waals surface area contributed by atoms with E-state index in [9.17, 15) is 14.7 Å². The number of aliphatic hydroxyl groups is 1. The summed E-state index contributed by atoms with van der Waals surface area (Å²) in [6, 6.07) is 4.52. The van der Waals surface area contributed by atoms with Crippen molar-refractivity contribution in [2.45, 2.75) is 32.4 Å². The number of aryl methyl sites for hydroxylation is 1. The Morgan fingerprint density at radius 1 is 1.45 bits per heavy atom. The molecule has 0 spiro atoms. The van der Waals surface area contributed by atoms with Gasteiger partial charge in [0.2, 0.25) is 11.8 Å². The lowest BCUT2D eigenvalue weighted by Gasteiger charge is -2.21. The molecule has 0 radical (unpaired) electrons. The Morgan fingerprint density at radius 3 is 2.95 bits per heavy atom. The molecule has 2 N–H and O–H groups in total. The molecule has 1 aromatic carbocycles. The summed E-state index contributed by atoms with van der Waals surface area (Å²) in [6.45, 7) is 3.33. The number of hydrogen-bond donors (Lipinski definition) is 2. The van der Waals surface area contributed by atoms with Crippen LogP contribution < -0.4 is 5.32 Å². The van der Waals surface area contributed by atoms with Crippen molar-refractivity contribution in [1.82, 2.24) is 9.88 Å². The molecule has 1 fully saturated rings. The van der Waals surface area contributed by atoms with E-state index in [4.69, 9.17) is 4.42 Å². The minimum Gasteiger partial charge on any atom is -0.441 e. The van der Waals surface area contributed by atoms with Crippen LogP contribution in [0.4, 0.5) is 5.69 Å². The number of amides is 2. The summed E-state index contributed by atoms with van der Waals surface area (Å²) < 4.78 is 5.43. The van der Waals surface area contributed by atoms with Crippen molar-refractivity contribution in [3.05, 3.63) is 24.1 Å². The number of anilines is 1. The first-order chi connectivity index (χ1) is 10.4. The van der Waals surface area contributed by atoms with Crippen LogP contribution in [0.1, 0.15) is 19.2 Å². The third-order valence-electron chi connectivity index (χ3n) is 3.75. The zero-order chi connectivity index (χ0) is 15.9. The summed E-state index contributed by atoms with van der Waals surface area (Å²) in [5.74, 6) is 0.0143. The van der Waals surface area contributed by atoms with Gasteiger partial charge in [-0.05, 0) is 12.1 Å². The summed E-state index contributed by atoms with van der Waals surface area (Å²) in [6.07, 6.45) is -0.422. The van der Waals surface area contributed by atoms with Crippen LogP contribution in [0, 0.1) is 6.92 Å². The first-order valence-electron chi connectivity index (χ1n) is 7.07. The first-order valence-corrected chi connectivity index (χ1v) is 7.07. The van der Waals surface area contributed by atoms with Crippen molar-refractivity contribution in [3.8, 4) is 0 Å². The summed E-state index contributed by atoms with van der Waals surface area (Å²) in [5.41, 5.74) is 1.88. The predicted octanol–water partition coefficient (Wildman–Crippen LogP) is 1.06. The molecule has 1 saturated heterocycles. The Hall–Kier alpha value is -2.41. The maximum atomic E-state index is 12.4. The number of carbonyl (C=O) groups is 2. The topological polar surface area (TPSA) is 95.7 Å². The van der Waals surface area contributed by atoms with Crippen molar-refractivity contribution in [2.24, 2.45) is 0 Å². The minimum absolute atomic E-state index is 0.188. The van der Waals surface area contributed by atoms with Crippen LogP contribution in [0.5, 0.6) is 0 Å². The molecule has 2 aromatic rings. The largest absolute Gasteiger partial charge is 0.441 e. The number of aliphatic hydroxyl groups excluding tert-OH is 1. The Bertz CT molecular complexity index is 739. The summed E-state index contributed by atoms with van der Waals surface area (Å²) in [4.78, 5) is 29.5. The number of β-amino-alcohol motifs (C(OH)–C–C–N with tert-alkyl or cyclic N) is 1. The second-order valence-electron chi connectivity index (χ2n) is 5.48. The lowest BCUT2D eigenvalue weighted by molar-refractivity contribution is -0.134. The van der Waals surface area contributed by atoms with Crippen molar-refractivity contribution >= 4 is 28.6 Å².